The van der Waals surface area contributed by atoms with Crippen LogP contribution in [0.1, 0.15) is 41.9 Å². The number of fused-ring (bicyclic) bond motifs is 2. The van der Waals surface area contributed by atoms with Crippen LogP contribution in [0.2, 0.25) is 0 Å². The first-order valence-corrected chi connectivity index (χ1v) is 7.51. The lowest BCUT2D eigenvalue weighted by atomic mass is 9.76. The fourth-order valence-electron chi connectivity index (χ4n) is 3.86. The van der Waals surface area contributed by atoms with Crippen LogP contribution in [0.4, 0.5) is 0 Å². The summed E-state index contributed by atoms with van der Waals surface area (Å²) in [6.45, 7) is 4.27. The van der Waals surface area contributed by atoms with Gasteiger partial charge in [0.05, 0.1) is 13.0 Å². The highest BCUT2D eigenvalue weighted by Crippen LogP contribution is 2.42. The Labute approximate surface area is 120 Å². The van der Waals surface area contributed by atoms with E-state index in [2.05, 4.69) is 37.4 Å². The molecule has 2 bridgehead atoms. The van der Waals surface area contributed by atoms with E-state index in [1.807, 2.05) is 0 Å². The quantitative estimate of drug-likeness (QED) is 0.842. The summed E-state index contributed by atoms with van der Waals surface area (Å²) in [7, 11) is 1.50. The number of aryl methyl sites for hydroxylation is 2. The Morgan fingerprint density at radius 2 is 2.05 bits per heavy atom. The highest BCUT2D eigenvalue weighted by Gasteiger charge is 2.46. The SMILES string of the molecule is COC(=O)C1C2CCC(CC1c1ccc(C)c(C)c1)N2. The molecule has 2 saturated heterocycles. The summed E-state index contributed by atoms with van der Waals surface area (Å²) in [6, 6.07) is 7.46. The molecule has 20 heavy (non-hydrogen) atoms. The van der Waals surface area contributed by atoms with Gasteiger partial charge in [0.1, 0.15) is 0 Å². The van der Waals surface area contributed by atoms with Crippen LogP contribution < -0.4 is 5.32 Å². The molecule has 2 aliphatic heterocycles. The lowest BCUT2D eigenvalue weighted by Gasteiger charge is -2.36. The Morgan fingerprint density at radius 3 is 2.75 bits per heavy atom. The van der Waals surface area contributed by atoms with Gasteiger partial charge < -0.3 is 10.1 Å². The summed E-state index contributed by atoms with van der Waals surface area (Å²) in [4.78, 5) is 12.2. The normalized spacial score (nSPS) is 32.1. The minimum atomic E-state index is -0.0638. The first kappa shape index (κ1) is 13.6. The van der Waals surface area contributed by atoms with Gasteiger partial charge in [-0.2, -0.15) is 0 Å². The lowest BCUT2D eigenvalue weighted by Crippen LogP contribution is -2.48. The molecule has 0 radical (unpaired) electrons. The van der Waals surface area contributed by atoms with Crippen molar-refractivity contribution in [2.75, 3.05) is 7.11 Å². The number of hydrogen-bond donors (Lipinski definition) is 1. The zero-order valence-corrected chi connectivity index (χ0v) is 12.5. The van der Waals surface area contributed by atoms with Gasteiger partial charge in [-0.25, -0.2) is 0 Å². The van der Waals surface area contributed by atoms with E-state index >= 15 is 0 Å². The topological polar surface area (TPSA) is 38.3 Å². The molecule has 4 atom stereocenters. The number of nitrogens with one attached hydrogen (secondary N) is 1. The number of carbonyl (C=O) groups is 1. The van der Waals surface area contributed by atoms with E-state index in [1.165, 1.54) is 30.2 Å². The Bertz CT molecular complexity index is 526. The Hall–Kier alpha value is -1.35. The molecule has 3 nitrogen and oxygen atoms in total. The number of carbonyl (C=O) groups excluding carboxylic acids is 1. The maximum Gasteiger partial charge on any atom is 0.310 e. The van der Waals surface area contributed by atoms with Crippen molar-refractivity contribution in [2.45, 2.75) is 51.1 Å². The van der Waals surface area contributed by atoms with Gasteiger partial charge in [0.2, 0.25) is 0 Å². The zero-order valence-electron chi connectivity index (χ0n) is 12.5. The number of hydrogen-bond acceptors (Lipinski definition) is 3. The number of benzene rings is 1. The predicted molar refractivity (Wildman–Crippen MR) is 78.7 cm³/mol. The third-order valence-corrected chi connectivity index (χ3v) is 5.11. The van der Waals surface area contributed by atoms with Crippen LogP contribution >= 0.6 is 0 Å². The fraction of sp³-hybridized carbons (Fsp3) is 0.588. The van der Waals surface area contributed by atoms with Crippen LogP contribution in [0.15, 0.2) is 18.2 Å². The number of methoxy groups -OCH3 is 1. The summed E-state index contributed by atoms with van der Waals surface area (Å²) in [5, 5.41) is 3.58. The van der Waals surface area contributed by atoms with Crippen LogP contribution in [0.25, 0.3) is 0 Å². The van der Waals surface area contributed by atoms with Crippen LogP contribution in [0.3, 0.4) is 0 Å². The maximum absolute atomic E-state index is 12.2. The van der Waals surface area contributed by atoms with E-state index in [0.29, 0.717) is 12.0 Å². The summed E-state index contributed by atoms with van der Waals surface area (Å²) >= 11 is 0. The maximum atomic E-state index is 12.2. The summed E-state index contributed by atoms with van der Waals surface area (Å²) in [5.41, 5.74) is 3.90. The second-order valence-corrected chi connectivity index (χ2v) is 6.28. The molecule has 2 heterocycles. The zero-order chi connectivity index (χ0) is 14.3. The van der Waals surface area contributed by atoms with Gasteiger partial charge in [0.15, 0.2) is 0 Å². The summed E-state index contributed by atoms with van der Waals surface area (Å²) in [6.07, 6.45) is 3.31. The number of piperidine rings is 1. The van der Waals surface area contributed by atoms with E-state index in [0.717, 1.165) is 12.8 Å². The molecule has 0 spiro atoms. The molecule has 2 aliphatic rings. The third-order valence-electron chi connectivity index (χ3n) is 5.11. The summed E-state index contributed by atoms with van der Waals surface area (Å²) < 4.78 is 5.07. The van der Waals surface area contributed by atoms with Crippen LogP contribution in [0.5, 0.6) is 0 Å². The molecule has 1 N–H and O–H groups in total. The van der Waals surface area contributed by atoms with E-state index in [1.54, 1.807) is 0 Å². The fourth-order valence-corrected chi connectivity index (χ4v) is 3.86. The van der Waals surface area contributed by atoms with Gasteiger partial charge in [0, 0.05) is 18.0 Å². The molecule has 3 rings (SSSR count). The van der Waals surface area contributed by atoms with E-state index in [9.17, 15) is 4.79 Å². The second kappa shape index (κ2) is 5.21. The molecular formula is C17H23NO2. The molecule has 0 amide bonds. The monoisotopic (exact) mass is 273 g/mol. The molecule has 4 unspecified atom stereocenters. The van der Waals surface area contributed by atoms with Crippen LogP contribution in [0, 0.1) is 19.8 Å². The molecule has 0 saturated carbocycles. The second-order valence-electron chi connectivity index (χ2n) is 6.28. The Balaban J connectivity index is 1.96. The smallest absolute Gasteiger partial charge is 0.310 e. The molecule has 2 fully saturated rings. The van der Waals surface area contributed by atoms with Crippen LogP contribution in [-0.4, -0.2) is 25.2 Å². The molecule has 3 heteroatoms. The largest absolute Gasteiger partial charge is 0.469 e. The van der Waals surface area contributed by atoms with Gasteiger partial charge in [-0.05, 0) is 49.8 Å². The van der Waals surface area contributed by atoms with Gasteiger partial charge in [-0.1, -0.05) is 18.2 Å². The number of ether oxygens (including phenoxy) is 1. The molecule has 108 valence electrons. The first-order chi connectivity index (χ1) is 9.60. The van der Waals surface area contributed by atoms with Gasteiger partial charge in [-0.15, -0.1) is 0 Å². The van der Waals surface area contributed by atoms with Crippen molar-refractivity contribution in [3.63, 3.8) is 0 Å². The van der Waals surface area contributed by atoms with Crippen molar-refractivity contribution in [3.05, 3.63) is 34.9 Å². The van der Waals surface area contributed by atoms with Crippen molar-refractivity contribution in [1.29, 1.82) is 0 Å². The third kappa shape index (κ3) is 2.24. The Morgan fingerprint density at radius 1 is 1.25 bits per heavy atom. The van der Waals surface area contributed by atoms with Gasteiger partial charge in [0.25, 0.3) is 0 Å². The first-order valence-electron chi connectivity index (χ1n) is 7.51. The molecule has 0 aromatic heterocycles. The van der Waals surface area contributed by atoms with Crippen molar-refractivity contribution in [1.82, 2.24) is 5.32 Å². The minimum Gasteiger partial charge on any atom is -0.469 e. The number of esters is 1. The van der Waals surface area contributed by atoms with E-state index in [-0.39, 0.29) is 17.9 Å². The average molecular weight is 273 g/mol. The van der Waals surface area contributed by atoms with E-state index < -0.39 is 0 Å². The predicted octanol–water partition coefficient (Wildman–Crippen LogP) is 2.70. The lowest BCUT2D eigenvalue weighted by molar-refractivity contribution is -0.148. The highest BCUT2D eigenvalue weighted by molar-refractivity contribution is 5.75. The van der Waals surface area contributed by atoms with Crippen molar-refractivity contribution >= 4 is 5.97 Å². The number of rotatable bonds is 2. The molecular weight excluding hydrogens is 250 g/mol. The summed E-state index contributed by atoms with van der Waals surface area (Å²) in [5.74, 6) is 0.187. The highest BCUT2D eigenvalue weighted by atomic mass is 16.5. The molecule has 1 aromatic carbocycles. The standard InChI is InChI=1S/C17H23NO2/c1-10-4-5-12(8-11(10)2)14-9-13-6-7-15(18-13)16(14)17(19)20-3/h4-5,8,13-16,18H,6-7,9H2,1-3H3. The van der Waals surface area contributed by atoms with Crippen molar-refractivity contribution in [2.24, 2.45) is 5.92 Å². The average Bonchev–Trinajstić information content (AvgIpc) is 2.82. The molecule has 0 aliphatic carbocycles. The van der Waals surface area contributed by atoms with Crippen molar-refractivity contribution in [3.8, 4) is 0 Å². The Kier molecular flexibility index (Phi) is 3.55. The van der Waals surface area contributed by atoms with Crippen LogP contribution in [-0.2, 0) is 9.53 Å². The van der Waals surface area contributed by atoms with Crippen molar-refractivity contribution < 1.29 is 9.53 Å². The van der Waals surface area contributed by atoms with Gasteiger partial charge in [-0.3, -0.25) is 4.79 Å². The van der Waals surface area contributed by atoms with Gasteiger partial charge >= 0.3 is 5.97 Å². The molecule has 1 aromatic rings. The minimum absolute atomic E-state index is 0.0409. The van der Waals surface area contributed by atoms with E-state index in [4.69, 9.17) is 4.74 Å².